The third-order valence-electron chi connectivity index (χ3n) is 4.55. The van der Waals surface area contributed by atoms with Crippen molar-refractivity contribution in [1.82, 2.24) is 0 Å². The first-order valence-electron chi connectivity index (χ1n) is 8.93. The molecule has 144 valence electrons. The van der Waals surface area contributed by atoms with Crippen molar-refractivity contribution in [3.8, 4) is 0 Å². The number of nitrogens with one attached hydrogen (secondary N) is 1. The summed E-state index contributed by atoms with van der Waals surface area (Å²) in [5.74, 6) is -0.130. The van der Waals surface area contributed by atoms with Gasteiger partial charge in [-0.3, -0.25) is 9.59 Å². The Hall–Kier alpha value is -1.93. The molecule has 1 amide bonds. The lowest BCUT2D eigenvalue weighted by molar-refractivity contribution is -0.147. The second-order valence-corrected chi connectivity index (χ2v) is 8.24. The van der Waals surface area contributed by atoms with E-state index in [2.05, 4.69) is 5.32 Å². The number of nitrogens with two attached hydrogens (primary N) is 1. The van der Waals surface area contributed by atoms with Gasteiger partial charge in [-0.05, 0) is 43.0 Å². The number of ether oxygens (including phenoxy) is 1. The Morgan fingerprint density at radius 3 is 2.38 bits per heavy atom. The third kappa shape index (κ3) is 7.13. The lowest BCUT2D eigenvalue weighted by atomic mass is 9.86. The molecular weight excluding hydrogens is 356 g/mol. The molecule has 0 aliphatic heterocycles. The molecule has 1 aliphatic carbocycles. The summed E-state index contributed by atoms with van der Waals surface area (Å²) in [5, 5.41) is 7.54. The fourth-order valence-corrected chi connectivity index (χ4v) is 3.67. The Bertz CT molecular complexity index is 710. The van der Waals surface area contributed by atoms with Crippen molar-refractivity contribution in [1.29, 1.82) is 0 Å². The number of hydrogen-bond donors (Lipinski definition) is 2. The van der Waals surface area contributed by atoms with Gasteiger partial charge in [-0.15, -0.1) is 0 Å². The van der Waals surface area contributed by atoms with Gasteiger partial charge >= 0.3 is 5.97 Å². The van der Waals surface area contributed by atoms with Crippen molar-refractivity contribution >= 4 is 27.6 Å². The zero-order valence-corrected chi connectivity index (χ0v) is 15.6. The molecule has 1 aliphatic rings. The Morgan fingerprint density at radius 2 is 1.77 bits per heavy atom. The van der Waals surface area contributed by atoms with Crippen LogP contribution in [0.25, 0.3) is 0 Å². The van der Waals surface area contributed by atoms with Crippen LogP contribution in [0.5, 0.6) is 0 Å². The fraction of sp³-hybridized carbons (Fsp3) is 0.556. The first kappa shape index (κ1) is 20.4. The number of carbonyl (C=O) groups excluding carboxylic acids is 2. The molecule has 26 heavy (non-hydrogen) atoms. The number of anilines is 1. The molecule has 0 saturated heterocycles. The summed E-state index contributed by atoms with van der Waals surface area (Å²) in [7, 11) is -3.77. The minimum Gasteiger partial charge on any atom is -0.456 e. The smallest absolute Gasteiger partial charge is 0.306 e. The largest absolute Gasteiger partial charge is 0.456 e. The molecule has 0 aromatic heterocycles. The molecule has 8 heteroatoms. The second kappa shape index (κ2) is 9.68. The van der Waals surface area contributed by atoms with Gasteiger partial charge in [0.25, 0.3) is 5.91 Å². The van der Waals surface area contributed by atoms with E-state index in [4.69, 9.17) is 9.88 Å². The van der Waals surface area contributed by atoms with Crippen molar-refractivity contribution in [2.24, 2.45) is 11.1 Å². The fourth-order valence-electron chi connectivity index (χ4n) is 3.15. The van der Waals surface area contributed by atoms with Gasteiger partial charge < -0.3 is 10.1 Å². The quantitative estimate of drug-likeness (QED) is 0.670. The van der Waals surface area contributed by atoms with E-state index in [1.54, 1.807) is 0 Å². The number of sulfonamides is 1. The number of esters is 1. The van der Waals surface area contributed by atoms with E-state index in [9.17, 15) is 18.0 Å². The monoisotopic (exact) mass is 382 g/mol. The molecule has 1 aromatic rings. The number of amides is 1. The van der Waals surface area contributed by atoms with Crippen molar-refractivity contribution < 1.29 is 22.7 Å². The molecule has 0 radical (unpaired) electrons. The molecule has 2 rings (SSSR count). The molecule has 0 heterocycles. The zero-order chi connectivity index (χ0) is 19.0. The first-order valence-corrected chi connectivity index (χ1v) is 10.5. The average Bonchev–Trinajstić information content (AvgIpc) is 2.60. The van der Waals surface area contributed by atoms with E-state index in [-0.39, 0.29) is 17.5 Å². The summed E-state index contributed by atoms with van der Waals surface area (Å²) >= 11 is 0. The summed E-state index contributed by atoms with van der Waals surface area (Å²) < 4.78 is 27.3. The van der Waals surface area contributed by atoms with Gasteiger partial charge in [-0.25, -0.2) is 13.6 Å². The van der Waals surface area contributed by atoms with E-state index in [1.165, 1.54) is 56.4 Å². The van der Waals surface area contributed by atoms with Gasteiger partial charge in [0.1, 0.15) is 0 Å². The zero-order valence-electron chi connectivity index (χ0n) is 14.8. The maximum atomic E-state index is 11.8. The van der Waals surface area contributed by atoms with Gasteiger partial charge in [0, 0.05) is 12.1 Å². The molecular formula is C18H26N2O5S. The Kier molecular flexibility index (Phi) is 7.59. The first-order chi connectivity index (χ1) is 12.3. The summed E-state index contributed by atoms with van der Waals surface area (Å²) in [6.07, 6.45) is 8.55. The summed E-state index contributed by atoms with van der Waals surface area (Å²) in [4.78, 5) is 23.5. The molecule has 0 spiro atoms. The van der Waals surface area contributed by atoms with Crippen molar-refractivity contribution in [3.63, 3.8) is 0 Å². The number of rotatable bonds is 8. The van der Waals surface area contributed by atoms with Crippen LogP contribution < -0.4 is 10.5 Å². The van der Waals surface area contributed by atoms with E-state index in [1.807, 2.05) is 0 Å². The molecule has 1 fully saturated rings. The van der Waals surface area contributed by atoms with E-state index in [0.717, 1.165) is 18.8 Å². The van der Waals surface area contributed by atoms with Gasteiger partial charge in [-0.1, -0.05) is 32.1 Å². The molecule has 0 unspecified atom stereocenters. The number of benzene rings is 1. The molecule has 7 nitrogen and oxygen atoms in total. The maximum absolute atomic E-state index is 11.8. The molecule has 0 atom stereocenters. The van der Waals surface area contributed by atoms with Crippen LogP contribution in [0, 0.1) is 5.92 Å². The predicted molar refractivity (Wildman–Crippen MR) is 97.8 cm³/mol. The van der Waals surface area contributed by atoms with Crippen molar-refractivity contribution in [2.45, 2.75) is 56.3 Å². The van der Waals surface area contributed by atoms with Crippen LogP contribution in [-0.2, 0) is 24.3 Å². The predicted octanol–water partition coefficient (Wildman–Crippen LogP) is 2.57. The molecule has 1 saturated carbocycles. The Labute approximate surface area is 154 Å². The van der Waals surface area contributed by atoms with Crippen LogP contribution in [0.2, 0.25) is 0 Å². The Balaban J connectivity index is 1.65. The molecule has 3 N–H and O–H groups in total. The average molecular weight is 382 g/mol. The summed E-state index contributed by atoms with van der Waals surface area (Å²) in [6.45, 7) is -0.362. The highest BCUT2D eigenvalue weighted by molar-refractivity contribution is 7.89. The van der Waals surface area contributed by atoms with Gasteiger partial charge in [0.2, 0.25) is 10.0 Å². The van der Waals surface area contributed by atoms with Gasteiger partial charge in [0.05, 0.1) is 4.90 Å². The number of hydrogen-bond acceptors (Lipinski definition) is 5. The maximum Gasteiger partial charge on any atom is 0.306 e. The van der Waals surface area contributed by atoms with Crippen molar-refractivity contribution in [2.75, 3.05) is 11.9 Å². The summed E-state index contributed by atoms with van der Waals surface area (Å²) in [6, 6.07) is 5.43. The van der Waals surface area contributed by atoms with Crippen LogP contribution in [0.1, 0.15) is 51.4 Å². The standard InChI is InChI=1S/C18H26N2O5S/c19-26(23,24)16-11-9-15(10-12-16)20-17(21)13-25-18(22)8-4-7-14-5-2-1-3-6-14/h9-12,14H,1-8,13H2,(H,20,21)(H2,19,23,24). The van der Waals surface area contributed by atoms with Gasteiger partial charge in [-0.2, -0.15) is 0 Å². The third-order valence-corrected chi connectivity index (χ3v) is 5.48. The van der Waals surface area contributed by atoms with Crippen LogP contribution in [0.3, 0.4) is 0 Å². The lowest BCUT2D eigenvalue weighted by Gasteiger charge is -2.20. The molecule has 1 aromatic carbocycles. The minimum atomic E-state index is -3.77. The van der Waals surface area contributed by atoms with E-state index in [0.29, 0.717) is 12.1 Å². The van der Waals surface area contributed by atoms with Crippen LogP contribution in [0.15, 0.2) is 29.2 Å². The highest BCUT2D eigenvalue weighted by Crippen LogP contribution is 2.27. The topological polar surface area (TPSA) is 116 Å². The highest BCUT2D eigenvalue weighted by atomic mass is 32.2. The highest BCUT2D eigenvalue weighted by Gasteiger charge is 2.14. The van der Waals surface area contributed by atoms with Crippen LogP contribution >= 0.6 is 0 Å². The van der Waals surface area contributed by atoms with Gasteiger partial charge in [0.15, 0.2) is 6.61 Å². The molecule has 0 bridgehead atoms. The second-order valence-electron chi connectivity index (χ2n) is 6.67. The van der Waals surface area contributed by atoms with E-state index >= 15 is 0 Å². The summed E-state index contributed by atoms with van der Waals surface area (Å²) in [5.41, 5.74) is 0.399. The van der Waals surface area contributed by atoms with Crippen molar-refractivity contribution in [3.05, 3.63) is 24.3 Å². The lowest BCUT2D eigenvalue weighted by Crippen LogP contribution is -2.21. The number of carbonyl (C=O) groups is 2. The number of primary sulfonamides is 1. The SMILES string of the molecule is NS(=O)(=O)c1ccc(NC(=O)COC(=O)CCCC2CCCCC2)cc1. The van der Waals surface area contributed by atoms with E-state index < -0.39 is 15.9 Å². The van der Waals surface area contributed by atoms with Crippen LogP contribution in [0.4, 0.5) is 5.69 Å². The normalized spacial score (nSPS) is 15.4. The van der Waals surface area contributed by atoms with Crippen LogP contribution in [-0.4, -0.2) is 26.9 Å². The minimum absolute atomic E-state index is 0.0418. The Morgan fingerprint density at radius 1 is 1.12 bits per heavy atom.